The van der Waals surface area contributed by atoms with Crippen LogP contribution in [0, 0.1) is 0 Å². The summed E-state index contributed by atoms with van der Waals surface area (Å²) in [5.74, 6) is 0.781. The van der Waals surface area contributed by atoms with Crippen molar-refractivity contribution in [3.63, 3.8) is 0 Å². The van der Waals surface area contributed by atoms with Crippen LogP contribution in [0.25, 0.3) is 27.4 Å². The lowest BCUT2D eigenvalue weighted by Crippen LogP contribution is -1.76. The minimum absolute atomic E-state index is 0.781. The van der Waals surface area contributed by atoms with Crippen LogP contribution in [0.5, 0.6) is 0 Å². The molecule has 17 heavy (non-hydrogen) atoms. The Bertz CT molecular complexity index is 750. The van der Waals surface area contributed by atoms with Crippen molar-refractivity contribution in [2.45, 2.75) is 0 Å². The van der Waals surface area contributed by atoms with Crippen molar-refractivity contribution in [3.8, 4) is 11.5 Å². The van der Waals surface area contributed by atoms with Gasteiger partial charge in [0, 0.05) is 5.39 Å². The SMILES string of the molecule is c1ccc2oc(-c3cn4ncsc4n3)cc2c1. The Labute approximate surface area is 100 Å². The highest BCUT2D eigenvalue weighted by Crippen LogP contribution is 2.27. The Morgan fingerprint density at radius 1 is 1.24 bits per heavy atom. The molecule has 82 valence electrons. The van der Waals surface area contributed by atoms with Gasteiger partial charge in [0.2, 0.25) is 4.96 Å². The van der Waals surface area contributed by atoms with Gasteiger partial charge in [0.25, 0.3) is 0 Å². The summed E-state index contributed by atoms with van der Waals surface area (Å²) in [4.78, 5) is 5.34. The number of aromatic nitrogens is 3. The predicted molar refractivity (Wildman–Crippen MR) is 66.1 cm³/mol. The molecule has 4 nitrogen and oxygen atoms in total. The molecular formula is C12H7N3OS. The van der Waals surface area contributed by atoms with Gasteiger partial charge in [0.05, 0.1) is 6.20 Å². The van der Waals surface area contributed by atoms with Gasteiger partial charge in [-0.3, -0.25) is 0 Å². The number of nitrogens with zero attached hydrogens (tertiary/aromatic N) is 3. The molecule has 0 aliphatic heterocycles. The van der Waals surface area contributed by atoms with E-state index in [1.54, 1.807) is 10.0 Å². The molecule has 0 bridgehead atoms. The number of furan rings is 1. The average molecular weight is 241 g/mol. The van der Waals surface area contributed by atoms with Crippen LogP contribution in [-0.4, -0.2) is 14.6 Å². The molecule has 3 heterocycles. The van der Waals surface area contributed by atoms with E-state index < -0.39 is 0 Å². The maximum absolute atomic E-state index is 5.75. The van der Waals surface area contributed by atoms with Gasteiger partial charge < -0.3 is 4.42 Å². The summed E-state index contributed by atoms with van der Waals surface area (Å²) in [5, 5.41) is 5.24. The highest BCUT2D eigenvalue weighted by molar-refractivity contribution is 7.14. The standard InChI is InChI=1S/C12H7N3OS/c1-2-4-10-8(3-1)5-11(16-10)9-6-15-12(14-9)17-7-13-15/h1-7H. The Morgan fingerprint density at radius 2 is 2.18 bits per heavy atom. The summed E-state index contributed by atoms with van der Waals surface area (Å²) in [7, 11) is 0. The molecule has 0 radical (unpaired) electrons. The number of benzene rings is 1. The van der Waals surface area contributed by atoms with Gasteiger partial charge in [-0.25, -0.2) is 9.50 Å². The van der Waals surface area contributed by atoms with E-state index in [1.165, 1.54) is 11.3 Å². The maximum Gasteiger partial charge on any atom is 0.212 e. The van der Waals surface area contributed by atoms with Crippen molar-refractivity contribution in [1.29, 1.82) is 0 Å². The minimum Gasteiger partial charge on any atom is -0.454 e. The van der Waals surface area contributed by atoms with Crippen LogP contribution in [0.1, 0.15) is 0 Å². The molecule has 0 atom stereocenters. The monoisotopic (exact) mass is 241 g/mol. The van der Waals surface area contributed by atoms with E-state index in [9.17, 15) is 0 Å². The van der Waals surface area contributed by atoms with Crippen molar-refractivity contribution < 1.29 is 4.42 Å². The lowest BCUT2D eigenvalue weighted by atomic mass is 10.2. The van der Waals surface area contributed by atoms with E-state index in [2.05, 4.69) is 10.1 Å². The first kappa shape index (κ1) is 8.95. The second-order valence-electron chi connectivity index (χ2n) is 3.74. The molecular weight excluding hydrogens is 234 g/mol. The quantitative estimate of drug-likeness (QED) is 0.514. The summed E-state index contributed by atoms with van der Waals surface area (Å²) >= 11 is 1.51. The Balaban J connectivity index is 1.95. The molecule has 4 rings (SSSR count). The highest BCUT2D eigenvalue weighted by Gasteiger charge is 2.10. The largest absolute Gasteiger partial charge is 0.454 e. The van der Waals surface area contributed by atoms with Crippen LogP contribution >= 0.6 is 11.3 Å². The minimum atomic E-state index is 0.781. The molecule has 5 heteroatoms. The summed E-state index contributed by atoms with van der Waals surface area (Å²) in [5.41, 5.74) is 3.47. The van der Waals surface area contributed by atoms with E-state index in [0.29, 0.717) is 0 Å². The first-order valence-electron chi connectivity index (χ1n) is 5.18. The predicted octanol–water partition coefficient (Wildman–Crippen LogP) is 3.20. The maximum atomic E-state index is 5.75. The smallest absolute Gasteiger partial charge is 0.212 e. The normalized spacial score (nSPS) is 11.5. The summed E-state index contributed by atoms with van der Waals surface area (Å²) in [6.45, 7) is 0. The molecule has 1 aromatic carbocycles. The number of fused-ring (bicyclic) bond motifs is 2. The van der Waals surface area contributed by atoms with Crippen molar-refractivity contribution in [2.24, 2.45) is 0 Å². The second-order valence-corrected chi connectivity index (χ2v) is 4.55. The number of hydrogen-bond donors (Lipinski definition) is 0. The van der Waals surface area contributed by atoms with Crippen LogP contribution in [0.3, 0.4) is 0 Å². The number of hydrogen-bond acceptors (Lipinski definition) is 4. The topological polar surface area (TPSA) is 43.3 Å². The fourth-order valence-electron chi connectivity index (χ4n) is 1.87. The van der Waals surface area contributed by atoms with E-state index in [1.807, 2.05) is 36.5 Å². The van der Waals surface area contributed by atoms with Crippen LogP contribution in [-0.2, 0) is 0 Å². The molecule has 0 amide bonds. The molecule has 0 aliphatic carbocycles. The van der Waals surface area contributed by atoms with Gasteiger partial charge in [-0.2, -0.15) is 5.10 Å². The van der Waals surface area contributed by atoms with Crippen LogP contribution in [0.15, 0.2) is 46.5 Å². The third-order valence-electron chi connectivity index (χ3n) is 2.66. The van der Waals surface area contributed by atoms with Gasteiger partial charge in [-0.15, -0.1) is 0 Å². The zero-order chi connectivity index (χ0) is 11.2. The Kier molecular flexibility index (Phi) is 1.67. The van der Waals surface area contributed by atoms with E-state index in [-0.39, 0.29) is 0 Å². The van der Waals surface area contributed by atoms with Crippen LogP contribution in [0.2, 0.25) is 0 Å². The van der Waals surface area contributed by atoms with Crippen molar-refractivity contribution in [1.82, 2.24) is 14.6 Å². The second kappa shape index (κ2) is 3.18. The zero-order valence-electron chi connectivity index (χ0n) is 8.70. The summed E-state index contributed by atoms with van der Waals surface area (Å²) < 4.78 is 7.51. The van der Waals surface area contributed by atoms with Crippen molar-refractivity contribution in [3.05, 3.63) is 42.0 Å². The lowest BCUT2D eigenvalue weighted by Gasteiger charge is -1.86. The highest BCUT2D eigenvalue weighted by atomic mass is 32.1. The van der Waals surface area contributed by atoms with Gasteiger partial charge in [-0.1, -0.05) is 29.5 Å². The number of para-hydroxylation sites is 1. The van der Waals surface area contributed by atoms with Gasteiger partial charge in [-0.05, 0) is 12.1 Å². The molecule has 4 aromatic rings. The molecule has 0 spiro atoms. The third-order valence-corrected chi connectivity index (χ3v) is 3.35. The Morgan fingerprint density at radius 3 is 3.06 bits per heavy atom. The molecule has 0 N–H and O–H groups in total. The van der Waals surface area contributed by atoms with Crippen LogP contribution in [0.4, 0.5) is 0 Å². The molecule has 0 saturated carbocycles. The summed E-state index contributed by atoms with van der Waals surface area (Å²) in [6, 6.07) is 9.94. The molecule has 0 saturated heterocycles. The fraction of sp³-hybridized carbons (Fsp3) is 0. The number of imidazole rings is 1. The van der Waals surface area contributed by atoms with Gasteiger partial charge in [0.15, 0.2) is 5.76 Å². The molecule has 0 aliphatic rings. The first-order valence-corrected chi connectivity index (χ1v) is 6.06. The summed E-state index contributed by atoms with van der Waals surface area (Å²) in [6.07, 6.45) is 1.88. The Hall–Kier alpha value is -2.14. The fourth-order valence-corrected chi connectivity index (χ4v) is 2.47. The van der Waals surface area contributed by atoms with E-state index >= 15 is 0 Å². The average Bonchev–Trinajstić information content (AvgIpc) is 3.01. The van der Waals surface area contributed by atoms with E-state index in [0.717, 1.165) is 27.4 Å². The molecule has 0 fully saturated rings. The molecule has 3 aromatic heterocycles. The van der Waals surface area contributed by atoms with Crippen molar-refractivity contribution in [2.75, 3.05) is 0 Å². The lowest BCUT2D eigenvalue weighted by molar-refractivity contribution is 0.629. The molecule has 0 unspecified atom stereocenters. The van der Waals surface area contributed by atoms with Gasteiger partial charge >= 0.3 is 0 Å². The number of rotatable bonds is 1. The first-order chi connectivity index (χ1) is 8.40. The van der Waals surface area contributed by atoms with Crippen LogP contribution < -0.4 is 0 Å². The van der Waals surface area contributed by atoms with Crippen molar-refractivity contribution >= 4 is 27.3 Å². The third kappa shape index (κ3) is 1.29. The zero-order valence-corrected chi connectivity index (χ0v) is 9.52. The van der Waals surface area contributed by atoms with Gasteiger partial charge in [0.1, 0.15) is 16.8 Å². The van der Waals surface area contributed by atoms with E-state index in [4.69, 9.17) is 4.42 Å².